The molecule has 1 aliphatic rings. The lowest BCUT2D eigenvalue weighted by Crippen LogP contribution is -2.42. The Labute approximate surface area is 171 Å². The summed E-state index contributed by atoms with van der Waals surface area (Å²) in [5.74, 6) is 0.127. The largest absolute Gasteiger partial charge is 0.394 e. The van der Waals surface area contributed by atoms with Gasteiger partial charge in [0.2, 0.25) is 5.91 Å². The maximum atomic E-state index is 12.5. The van der Waals surface area contributed by atoms with E-state index in [-0.39, 0.29) is 25.1 Å². The van der Waals surface area contributed by atoms with E-state index in [4.69, 9.17) is 23.2 Å². The van der Waals surface area contributed by atoms with Crippen molar-refractivity contribution >= 4 is 45.8 Å². The number of carbonyl (C=O) groups is 1. The number of aromatic nitrogens is 3. The molecule has 9 heteroatoms. The molecule has 1 atom stereocenters. The Balaban J connectivity index is 1.53. The summed E-state index contributed by atoms with van der Waals surface area (Å²) in [5, 5.41) is 22.5. The number of aryl methyl sites for hydroxylation is 1. The zero-order chi connectivity index (χ0) is 19.8. The molecular formula is C19H19Cl2N5O2. The average molecular weight is 420 g/mol. The number of H-pyrrole nitrogens is 1. The van der Waals surface area contributed by atoms with E-state index >= 15 is 0 Å². The topological polar surface area (TPSA) is 94.1 Å². The van der Waals surface area contributed by atoms with E-state index in [1.807, 2.05) is 23.1 Å². The van der Waals surface area contributed by atoms with Crippen LogP contribution in [0.2, 0.25) is 10.2 Å². The number of nitrogens with zero attached hydrogens (tertiary/aromatic N) is 3. The number of amides is 1. The van der Waals surface area contributed by atoms with Crippen LogP contribution in [-0.2, 0) is 11.2 Å². The van der Waals surface area contributed by atoms with Gasteiger partial charge in [-0.1, -0.05) is 23.2 Å². The third-order valence-corrected chi connectivity index (χ3v) is 5.64. The molecular weight excluding hydrogens is 401 g/mol. The molecule has 0 saturated heterocycles. The van der Waals surface area contributed by atoms with Crippen molar-refractivity contribution in [3.8, 4) is 0 Å². The Morgan fingerprint density at radius 1 is 1.36 bits per heavy atom. The summed E-state index contributed by atoms with van der Waals surface area (Å²) < 4.78 is 0. The number of benzene rings is 1. The fourth-order valence-corrected chi connectivity index (χ4v) is 3.95. The Bertz CT molecular complexity index is 1050. The van der Waals surface area contributed by atoms with E-state index in [0.29, 0.717) is 22.5 Å². The Kier molecular flexibility index (Phi) is 5.25. The van der Waals surface area contributed by atoms with E-state index in [9.17, 15) is 9.90 Å². The van der Waals surface area contributed by atoms with Crippen LogP contribution in [0, 0.1) is 6.92 Å². The van der Waals surface area contributed by atoms with Gasteiger partial charge in [0.25, 0.3) is 0 Å². The molecule has 3 aromatic rings. The van der Waals surface area contributed by atoms with Crippen LogP contribution in [0.15, 0.2) is 24.3 Å². The van der Waals surface area contributed by atoms with Gasteiger partial charge in [0.15, 0.2) is 11.0 Å². The monoisotopic (exact) mass is 419 g/mol. The van der Waals surface area contributed by atoms with E-state index in [1.165, 1.54) is 0 Å². The van der Waals surface area contributed by atoms with Gasteiger partial charge < -0.3 is 15.4 Å². The van der Waals surface area contributed by atoms with Crippen molar-refractivity contribution < 1.29 is 9.90 Å². The summed E-state index contributed by atoms with van der Waals surface area (Å²) in [6, 6.07) is 7.08. The van der Waals surface area contributed by atoms with Gasteiger partial charge >= 0.3 is 0 Å². The summed E-state index contributed by atoms with van der Waals surface area (Å²) in [7, 11) is 0. The molecule has 4 rings (SSSR count). The SMILES string of the molecule is Cc1cc(NC(=O)CN2CCc3c([nH]c4ccc(Cl)cc34)C2CO)nnc1Cl. The summed E-state index contributed by atoms with van der Waals surface area (Å²) in [6.07, 6.45) is 0.763. The molecule has 0 radical (unpaired) electrons. The number of hydrogen-bond donors (Lipinski definition) is 3. The number of aliphatic hydroxyl groups is 1. The number of fused-ring (bicyclic) bond motifs is 3. The van der Waals surface area contributed by atoms with Crippen LogP contribution in [0.5, 0.6) is 0 Å². The molecule has 1 unspecified atom stereocenters. The summed E-state index contributed by atoms with van der Waals surface area (Å²) in [5.41, 5.74) is 3.79. The molecule has 1 aromatic carbocycles. The fraction of sp³-hybridized carbons (Fsp3) is 0.316. The van der Waals surface area contributed by atoms with Crippen LogP contribution < -0.4 is 5.32 Å². The molecule has 0 saturated carbocycles. The molecule has 1 aliphatic heterocycles. The highest BCUT2D eigenvalue weighted by Gasteiger charge is 2.31. The van der Waals surface area contributed by atoms with Gasteiger partial charge in [-0.2, -0.15) is 0 Å². The Morgan fingerprint density at radius 3 is 2.93 bits per heavy atom. The summed E-state index contributed by atoms with van der Waals surface area (Å²) >= 11 is 12.0. The molecule has 0 fully saturated rings. The second-order valence-electron chi connectivity index (χ2n) is 6.88. The first-order valence-corrected chi connectivity index (χ1v) is 9.66. The molecule has 2 aromatic heterocycles. The molecule has 1 amide bonds. The van der Waals surface area contributed by atoms with Crippen LogP contribution >= 0.6 is 23.2 Å². The average Bonchev–Trinajstić information content (AvgIpc) is 3.02. The number of aromatic amines is 1. The lowest BCUT2D eigenvalue weighted by molar-refractivity contribution is -0.118. The van der Waals surface area contributed by atoms with Gasteiger partial charge in [-0.05, 0) is 48.7 Å². The third kappa shape index (κ3) is 3.58. The van der Waals surface area contributed by atoms with Gasteiger partial charge in [-0.3, -0.25) is 9.69 Å². The molecule has 3 heterocycles. The summed E-state index contributed by atoms with van der Waals surface area (Å²) in [4.78, 5) is 17.8. The van der Waals surface area contributed by atoms with Crippen molar-refractivity contribution in [2.24, 2.45) is 0 Å². The first-order chi connectivity index (χ1) is 13.5. The van der Waals surface area contributed by atoms with E-state index in [2.05, 4.69) is 20.5 Å². The zero-order valence-electron chi connectivity index (χ0n) is 15.2. The lowest BCUT2D eigenvalue weighted by atomic mass is 9.97. The van der Waals surface area contributed by atoms with Crippen molar-refractivity contribution in [1.82, 2.24) is 20.1 Å². The minimum atomic E-state index is -0.293. The van der Waals surface area contributed by atoms with E-state index in [0.717, 1.165) is 34.1 Å². The predicted octanol–water partition coefficient (Wildman–Crippen LogP) is 3.10. The normalized spacial score (nSPS) is 16.9. The molecule has 0 aliphatic carbocycles. The highest BCUT2D eigenvalue weighted by Crippen LogP contribution is 2.35. The van der Waals surface area contributed by atoms with E-state index in [1.54, 1.807) is 13.0 Å². The number of nitrogens with one attached hydrogen (secondary N) is 2. The highest BCUT2D eigenvalue weighted by molar-refractivity contribution is 6.31. The smallest absolute Gasteiger partial charge is 0.239 e. The van der Waals surface area contributed by atoms with Crippen LogP contribution in [-0.4, -0.2) is 50.8 Å². The van der Waals surface area contributed by atoms with Crippen molar-refractivity contribution in [3.05, 3.63) is 51.3 Å². The van der Waals surface area contributed by atoms with Crippen LogP contribution in [0.4, 0.5) is 5.82 Å². The highest BCUT2D eigenvalue weighted by atomic mass is 35.5. The number of carbonyl (C=O) groups excluding carboxylic acids is 1. The lowest BCUT2D eigenvalue weighted by Gasteiger charge is -2.34. The van der Waals surface area contributed by atoms with E-state index < -0.39 is 0 Å². The first kappa shape index (κ1) is 19.1. The van der Waals surface area contributed by atoms with Gasteiger partial charge in [0, 0.05) is 28.2 Å². The second kappa shape index (κ2) is 7.67. The minimum Gasteiger partial charge on any atom is -0.394 e. The predicted molar refractivity (Wildman–Crippen MR) is 109 cm³/mol. The van der Waals surface area contributed by atoms with Crippen LogP contribution in [0.1, 0.15) is 22.9 Å². The van der Waals surface area contributed by atoms with Crippen molar-refractivity contribution in [2.75, 3.05) is 25.0 Å². The van der Waals surface area contributed by atoms with Crippen molar-refractivity contribution in [1.29, 1.82) is 0 Å². The van der Waals surface area contributed by atoms with Gasteiger partial charge in [0.1, 0.15) is 0 Å². The quantitative estimate of drug-likeness (QED) is 0.603. The van der Waals surface area contributed by atoms with Gasteiger partial charge in [-0.25, -0.2) is 0 Å². The fourth-order valence-electron chi connectivity index (χ4n) is 3.68. The molecule has 0 bridgehead atoms. The van der Waals surface area contributed by atoms with Gasteiger partial charge in [-0.15, -0.1) is 10.2 Å². The van der Waals surface area contributed by atoms with Crippen LogP contribution in [0.3, 0.4) is 0 Å². The summed E-state index contributed by atoms with van der Waals surface area (Å²) in [6.45, 7) is 2.48. The molecule has 28 heavy (non-hydrogen) atoms. The molecule has 0 spiro atoms. The Hall–Kier alpha value is -2.19. The Morgan fingerprint density at radius 2 is 2.18 bits per heavy atom. The molecule has 3 N–H and O–H groups in total. The first-order valence-electron chi connectivity index (χ1n) is 8.91. The standard InChI is InChI=1S/C19H19Cl2N5O2/c1-10-6-16(24-25-19(10)21)23-17(28)8-26-5-4-12-13-7-11(20)2-3-14(13)22-18(12)15(26)9-27/h2-3,6-7,15,22,27H,4-5,8-9H2,1H3,(H,23,24,28). The molecule has 146 valence electrons. The number of hydrogen-bond acceptors (Lipinski definition) is 5. The number of anilines is 1. The van der Waals surface area contributed by atoms with Crippen molar-refractivity contribution in [3.63, 3.8) is 0 Å². The zero-order valence-corrected chi connectivity index (χ0v) is 16.7. The third-order valence-electron chi connectivity index (χ3n) is 5.04. The number of halogens is 2. The van der Waals surface area contributed by atoms with Crippen molar-refractivity contribution in [2.45, 2.75) is 19.4 Å². The minimum absolute atomic E-state index is 0.0965. The number of rotatable bonds is 4. The maximum Gasteiger partial charge on any atom is 0.239 e. The molecule has 7 nitrogen and oxygen atoms in total. The van der Waals surface area contributed by atoms with Gasteiger partial charge in [0.05, 0.1) is 19.2 Å². The second-order valence-corrected chi connectivity index (χ2v) is 7.67. The van der Waals surface area contributed by atoms with Crippen LogP contribution in [0.25, 0.3) is 10.9 Å². The maximum absolute atomic E-state index is 12.5. The number of aliphatic hydroxyl groups excluding tert-OH is 1.